The molecule has 1 saturated heterocycles. The Balaban J connectivity index is 1.72. The lowest BCUT2D eigenvalue weighted by Crippen LogP contribution is -2.43. The van der Waals surface area contributed by atoms with Gasteiger partial charge >= 0.3 is 6.03 Å². The Morgan fingerprint density at radius 2 is 1.73 bits per heavy atom. The number of hydrogen-bond donors (Lipinski definition) is 1. The fraction of sp³-hybridized carbons (Fsp3) is 0.375. The number of likely N-dealkylation sites (N-methyl/N-ethyl adjacent to an activating group) is 1. The highest BCUT2D eigenvalue weighted by molar-refractivity contribution is 6.09. The average molecular weight is 408 g/mol. The minimum absolute atomic E-state index is 0.285. The number of hydrogen-bond acceptors (Lipinski definition) is 3. The van der Waals surface area contributed by atoms with Gasteiger partial charge < -0.3 is 10.2 Å². The van der Waals surface area contributed by atoms with E-state index in [9.17, 15) is 14.4 Å². The molecule has 1 aliphatic heterocycles. The number of benzene rings is 2. The summed E-state index contributed by atoms with van der Waals surface area (Å²) in [6.45, 7) is 8.00. The molecule has 4 amide bonds. The van der Waals surface area contributed by atoms with Gasteiger partial charge in [-0.1, -0.05) is 62.4 Å². The monoisotopic (exact) mass is 407 g/mol. The van der Waals surface area contributed by atoms with Crippen molar-refractivity contribution in [1.82, 2.24) is 15.1 Å². The first-order valence-corrected chi connectivity index (χ1v) is 10.2. The van der Waals surface area contributed by atoms with Gasteiger partial charge in [-0.2, -0.15) is 0 Å². The molecule has 3 rings (SSSR count). The molecule has 0 saturated carbocycles. The van der Waals surface area contributed by atoms with Gasteiger partial charge in [0.15, 0.2) is 0 Å². The first-order chi connectivity index (χ1) is 14.1. The van der Waals surface area contributed by atoms with E-state index < -0.39 is 17.5 Å². The summed E-state index contributed by atoms with van der Waals surface area (Å²) in [4.78, 5) is 40.9. The molecule has 2 aromatic carbocycles. The number of aryl methyl sites for hydroxylation is 1. The summed E-state index contributed by atoms with van der Waals surface area (Å²) in [5.74, 6) is -0.331. The number of carbonyl (C=O) groups is 3. The zero-order valence-electron chi connectivity index (χ0n) is 18.2. The third-order valence-electron chi connectivity index (χ3n) is 5.82. The molecule has 1 fully saturated rings. The van der Waals surface area contributed by atoms with E-state index in [2.05, 4.69) is 19.2 Å². The standard InChI is InChI=1S/C24H29N3O3/c1-16(2)18-10-12-20(13-11-18)24(4)22(29)27(23(30)25-24)15-21(28)26(5)14-19-9-7-6-8-17(19)3/h6-13,16H,14-15H2,1-5H3,(H,25,30)/t24-/m0/s1. The SMILES string of the molecule is Cc1ccccc1CN(C)C(=O)CN1C(=O)N[C@@](C)(c2ccc(C(C)C)cc2)C1=O. The topological polar surface area (TPSA) is 69.7 Å². The molecule has 6 heteroatoms. The number of nitrogens with zero attached hydrogens (tertiary/aromatic N) is 2. The summed E-state index contributed by atoms with van der Waals surface area (Å²) >= 11 is 0. The Morgan fingerprint density at radius 1 is 1.10 bits per heavy atom. The van der Waals surface area contributed by atoms with E-state index in [1.807, 2.05) is 55.5 Å². The molecule has 0 unspecified atom stereocenters. The van der Waals surface area contributed by atoms with E-state index >= 15 is 0 Å². The van der Waals surface area contributed by atoms with Crippen LogP contribution in [-0.2, 0) is 21.7 Å². The summed E-state index contributed by atoms with van der Waals surface area (Å²) in [5, 5.41) is 2.76. The van der Waals surface area contributed by atoms with E-state index in [0.717, 1.165) is 21.6 Å². The van der Waals surface area contributed by atoms with Gasteiger partial charge in [-0.05, 0) is 42.0 Å². The van der Waals surface area contributed by atoms with Crippen LogP contribution in [-0.4, -0.2) is 41.2 Å². The Bertz CT molecular complexity index is 968. The minimum Gasteiger partial charge on any atom is -0.340 e. The van der Waals surface area contributed by atoms with Crippen molar-refractivity contribution < 1.29 is 14.4 Å². The number of carbonyl (C=O) groups excluding carboxylic acids is 3. The molecule has 1 atom stereocenters. The molecule has 0 bridgehead atoms. The van der Waals surface area contributed by atoms with Crippen molar-refractivity contribution in [3.8, 4) is 0 Å². The molecule has 158 valence electrons. The van der Waals surface area contributed by atoms with Gasteiger partial charge in [-0.25, -0.2) is 4.79 Å². The van der Waals surface area contributed by atoms with Crippen molar-refractivity contribution in [2.24, 2.45) is 0 Å². The maximum absolute atomic E-state index is 13.1. The first kappa shape index (κ1) is 21.6. The lowest BCUT2D eigenvalue weighted by Gasteiger charge is -2.24. The number of urea groups is 1. The normalized spacial score (nSPS) is 18.7. The minimum atomic E-state index is -1.18. The smallest absolute Gasteiger partial charge is 0.325 e. The lowest BCUT2D eigenvalue weighted by atomic mass is 9.90. The van der Waals surface area contributed by atoms with Crippen molar-refractivity contribution in [2.45, 2.75) is 45.7 Å². The number of nitrogens with one attached hydrogen (secondary N) is 1. The molecule has 0 aliphatic carbocycles. The predicted molar refractivity (Wildman–Crippen MR) is 116 cm³/mol. The van der Waals surface area contributed by atoms with Crippen molar-refractivity contribution in [2.75, 3.05) is 13.6 Å². The van der Waals surface area contributed by atoms with Crippen LogP contribution in [0.3, 0.4) is 0 Å². The number of rotatable bonds is 6. The van der Waals surface area contributed by atoms with Crippen molar-refractivity contribution in [3.63, 3.8) is 0 Å². The zero-order chi connectivity index (χ0) is 22.1. The van der Waals surface area contributed by atoms with Crippen molar-refractivity contribution in [1.29, 1.82) is 0 Å². The summed E-state index contributed by atoms with van der Waals surface area (Å²) < 4.78 is 0. The molecule has 0 aromatic heterocycles. The quantitative estimate of drug-likeness (QED) is 0.745. The molecule has 1 aliphatic rings. The van der Waals surface area contributed by atoms with Gasteiger partial charge in [0, 0.05) is 13.6 Å². The fourth-order valence-electron chi connectivity index (χ4n) is 3.62. The van der Waals surface area contributed by atoms with Crippen LogP contribution in [0.5, 0.6) is 0 Å². The second-order valence-corrected chi connectivity index (χ2v) is 8.40. The van der Waals surface area contributed by atoms with E-state index in [4.69, 9.17) is 0 Å². The second-order valence-electron chi connectivity index (χ2n) is 8.40. The number of amides is 4. The van der Waals surface area contributed by atoms with Crippen molar-refractivity contribution in [3.05, 3.63) is 70.8 Å². The first-order valence-electron chi connectivity index (χ1n) is 10.2. The van der Waals surface area contributed by atoms with Crippen LogP contribution >= 0.6 is 0 Å². The van der Waals surface area contributed by atoms with Crippen LogP contribution in [0.4, 0.5) is 4.79 Å². The summed E-state index contributed by atoms with van der Waals surface area (Å²) in [6, 6.07) is 14.9. The van der Waals surface area contributed by atoms with E-state index in [1.54, 1.807) is 14.0 Å². The highest BCUT2D eigenvalue weighted by Crippen LogP contribution is 2.30. The van der Waals surface area contributed by atoms with Gasteiger partial charge in [0.25, 0.3) is 5.91 Å². The zero-order valence-corrected chi connectivity index (χ0v) is 18.2. The van der Waals surface area contributed by atoms with Gasteiger partial charge in [0.1, 0.15) is 12.1 Å². The average Bonchev–Trinajstić information content (AvgIpc) is 2.93. The molecular weight excluding hydrogens is 378 g/mol. The summed E-state index contributed by atoms with van der Waals surface area (Å²) in [5.41, 5.74) is 2.80. The molecule has 0 spiro atoms. The third kappa shape index (κ3) is 4.08. The fourth-order valence-corrected chi connectivity index (χ4v) is 3.62. The molecule has 1 heterocycles. The van der Waals surface area contributed by atoms with Gasteiger partial charge in [0.2, 0.25) is 5.91 Å². The molecule has 2 aromatic rings. The van der Waals surface area contributed by atoms with Gasteiger partial charge in [-0.3, -0.25) is 14.5 Å². The Kier molecular flexibility index (Phi) is 5.97. The Morgan fingerprint density at radius 3 is 2.33 bits per heavy atom. The molecule has 1 N–H and O–H groups in total. The summed E-state index contributed by atoms with van der Waals surface area (Å²) in [6.07, 6.45) is 0. The Hall–Kier alpha value is -3.15. The van der Waals surface area contributed by atoms with Crippen LogP contribution in [0, 0.1) is 6.92 Å². The van der Waals surface area contributed by atoms with Crippen LogP contribution in [0.15, 0.2) is 48.5 Å². The van der Waals surface area contributed by atoms with E-state index in [-0.39, 0.29) is 12.5 Å². The molecular formula is C24H29N3O3. The van der Waals surface area contributed by atoms with Gasteiger partial charge in [0.05, 0.1) is 0 Å². The highest BCUT2D eigenvalue weighted by Gasteiger charge is 2.49. The van der Waals surface area contributed by atoms with E-state index in [1.165, 1.54) is 4.90 Å². The predicted octanol–water partition coefficient (Wildman–Crippen LogP) is 3.54. The molecule has 0 radical (unpaired) electrons. The number of imide groups is 1. The highest BCUT2D eigenvalue weighted by atomic mass is 16.2. The summed E-state index contributed by atoms with van der Waals surface area (Å²) in [7, 11) is 1.68. The Labute approximate surface area is 177 Å². The van der Waals surface area contributed by atoms with Crippen LogP contribution in [0.2, 0.25) is 0 Å². The largest absolute Gasteiger partial charge is 0.340 e. The maximum atomic E-state index is 13.1. The second kappa shape index (κ2) is 8.30. The maximum Gasteiger partial charge on any atom is 0.325 e. The lowest BCUT2D eigenvalue weighted by molar-refractivity contribution is -0.138. The van der Waals surface area contributed by atoms with Crippen LogP contribution in [0.25, 0.3) is 0 Å². The van der Waals surface area contributed by atoms with Gasteiger partial charge in [-0.15, -0.1) is 0 Å². The van der Waals surface area contributed by atoms with Crippen LogP contribution < -0.4 is 5.32 Å². The van der Waals surface area contributed by atoms with Crippen LogP contribution in [0.1, 0.15) is 48.9 Å². The van der Waals surface area contributed by atoms with E-state index in [0.29, 0.717) is 18.0 Å². The molecule has 6 nitrogen and oxygen atoms in total. The molecule has 30 heavy (non-hydrogen) atoms. The third-order valence-corrected chi connectivity index (χ3v) is 5.82. The van der Waals surface area contributed by atoms with Crippen molar-refractivity contribution >= 4 is 17.8 Å².